The molecule has 0 radical (unpaired) electrons. The SMILES string of the molecule is CC(c1ccc(OCC(=O)O)cc1)N1CCN(c2ccncc2)CC1.Cl.Cl. The lowest BCUT2D eigenvalue weighted by molar-refractivity contribution is -0.139. The first-order valence-corrected chi connectivity index (χ1v) is 8.47. The molecule has 2 aromatic rings. The molecule has 6 nitrogen and oxygen atoms in total. The van der Waals surface area contributed by atoms with E-state index in [1.807, 2.05) is 36.7 Å². The number of aliphatic carboxylic acids is 1. The molecular weight excluding hydrogens is 389 g/mol. The lowest BCUT2D eigenvalue weighted by atomic mass is 10.1. The van der Waals surface area contributed by atoms with Crippen molar-refractivity contribution in [3.8, 4) is 5.75 Å². The topological polar surface area (TPSA) is 65.9 Å². The van der Waals surface area contributed by atoms with E-state index in [9.17, 15) is 4.79 Å². The van der Waals surface area contributed by atoms with Gasteiger partial charge in [0.25, 0.3) is 0 Å². The lowest BCUT2D eigenvalue weighted by Crippen LogP contribution is -2.47. The average molecular weight is 414 g/mol. The molecule has 1 atom stereocenters. The zero-order chi connectivity index (χ0) is 17.6. The summed E-state index contributed by atoms with van der Waals surface area (Å²) >= 11 is 0. The number of aromatic nitrogens is 1. The number of halogens is 2. The summed E-state index contributed by atoms with van der Waals surface area (Å²) in [4.78, 5) is 19.5. The van der Waals surface area contributed by atoms with Crippen molar-refractivity contribution < 1.29 is 14.6 Å². The van der Waals surface area contributed by atoms with Crippen molar-refractivity contribution in [3.05, 3.63) is 54.4 Å². The van der Waals surface area contributed by atoms with Crippen LogP contribution in [0.5, 0.6) is 5.75 Å². The second-order valence-electron chi connectivity index (χ2n) is 6.16. The average Bonchev–Trinajstić information content (AvgIpc) is 2.67. The van der Waals surface area contributed by atoms with Crippen molar-refractivity contribution in [1.29, 1.82) is 0 Å². The first-order valence-electron chi connectivity index (χ1n) is 8.47. The van der Waals surface area contributed by atoms with Crippen LogP contribution in [0.4, 0.5) is 5.69 Å². The number of carboxylic acid groups (broad SMARTS) is 1. The molecule has 0 aliphatic carbocycles. The van der Waals surface area contributed by atoms with E-state index in [0.29, 0.717) is 11.8 Å². The monoisotopic (exact) mass is 413 g/mol. The van der Waals surface area contributed by atoms with Gasteiger partial charge in [-0.15, -0.1) is 24.8 Å². The number of hydrogen-bond acceptors (Lipinski definition) is 5. The summed E-state index contributed by atoms with van der Waals surface area (Å²) < 4.78 is 5.19. The fraction of sp³-hybridized carbons (Fsp3) is 0.368. The van der Waals surface area contributed by atoms with Crippen LogP contribution in [0.15, 0.2) is 48.8 Å². The van der Waals surface area contributed by atoms with Crippen LogP contribution >= 0.6 is 24.8 Å². The number of carbonyl (C=O) groups is 1. The van der Waals surface area contributed by atoms with E-state index in [1.165, 1.54) is 11.3 Å². The molecule has 3 rings (SSSR count). The molecule has 27 heavy (non-hydrogen) atoms. The maximum Gasteiger partial charge on any atom is 0.341 e. The molecule has 1 saturated heterocycles. The molecule has 1 aliphatic rings. The molecule has 0 bridgehead atoms. The number of carboxylic acids is 1. The lowest BCUT2D eigenvalue weighted by Gasteiger charge is -2.39. The molecule has 0 amide bonds. The van der Waals surface area contributed by atoms with Crippen LogP contribution < -0.4 is 9.64 Å². The van der Waals surface area contributed by atoms with Crippen LogP contribution in [0.3, 0.4) is 0 Å². The maximum absolute atomic E-state index is 10.5. The zero-order valence-electron chi connectivity index (χ0n) is 15.2. The van der Waals surface area contributed by atoms with Crippen LogP contribution in [0.25, 0.3) is 0 Å². The third-order valence-electron chi connectivity index (χ3n) is 4.61. The molecule has 0 saturated carbocycles. The van der Waals surface area contributed by atoms with Gasteiger partial charge in [0.2, 0.25) is 0 Å². The van der Waals surface area contributed by atoms with Gasteiger partial charge in [0.05, 0.1) is 0 Å². The number of rotatable bonds is 6. The molecule has 1 N–H and O–H groups in total. The Morgan fingerprint density at radius 1 is 1.07 bits per heavy atom. The highest BCUT2D eigenvalue weighted by Crippen LogP contribution is 2.25. The van der Waals surface area contributed by atoms with Crippen molar-refractivity contribution in [2.45, 2.75) is 13.0 Å². The van der Waals surface area contributed by atoms with Crippen LogP contribution in [0.1, 0.15) is 18.5 Å². The van der Waals surface area contributed by atoms with Gasteiger partial charge in [0.1, 0.15) is 5.75 Å². The Balaban J connectivity index is 0.00000182. The summed E-state index contributed by atoms with van der Waals surface area (Å²) in [7, 11) is 0. The standard InChI is InChI=1S/C19H23N3O3.2ClH/c1-15(16-2-4-18(5-3-16)25-14-19(23)24)21-10-12-22(13-11-21)17-6-8-20-9-7-17;;/h2-9,15H,10-14H2,1H3,(H,23,24);2*1H. The first kappa shape index (κ1) is 23.0. The van der Waals surface area contributed by atoms with Crippen LogP contribution in [0.2, 0.25) is 0 Å². The molecule has 1 unspecified atom stereocenters. The van der Waals surface area contributed by atoms with Gasteiger partial charge in [0, 0.05) is 50.3 Å². The van der Waals surface area contributed by atoms with Crippen LogP contribution in [-0.2, 0) is 4.79 Å². The third-order valence-corrected chi connectivity index (χ3v) is 4.61. The molecule has 8 heteroatoms. The maximum atomic E-state index is 10.5. The number of benzene rings is 1. The van der Waals surface area contributed by atoms with Crippen molar-refractivity contribution in [1.82, 2.24) is 9.88 Å². The van der Waals surface area contributed by atoms with Crippen molar-refractivity contribution >= 4 is 36.5 Å². The van der Waals surface area contributed by atoms with E-state index in [-0.39, 0.29) is 31.4 Å². The second-order valence-corrected chi connectivity index (χ2v) is 6.16. The number of ether oxygens (including phenoxy) is 1. The highest BCUT2D eigenvalue weighted by atomic mass is 35.5. The van der Waals surface area contributed by atoms with Gasteiger partial charge < -0.3 is 14.7 Å². The summed E-state index contributed by atoms with van der Waals surface area (Å²) in [5, 5.41) is 8.65. The molecule has 2 heterocycles. The molecule has 148 valence electrons. The van der Waals surface area contributed by atoms with E-state index in [4.69, 9.17) is 9.84 Å². The molecule has 1 fully saturated rings. The second kappa shape index (κ2) is 11.0. The first-order chi connectivity index (χ1) is 12.1. The van der Waals surface area contributed by atoms with Crippen LogP contribution in [0, 0.1) is 0 Å². The van der Waals surface area contributed by atoms with Gasteiger partial charge in [-0.3, -0.25) is 9.88 Å². The minimum atomic E-state index is -0.968. The van der Waals surface area contributed by atoms with Gasteiger partial charge in [-0.2, -0.15) is 0 Å². The third kappa shape index (κ3) is 6.27. The van der Waals surface area contributed by atoms with E-state index < -0.39 is 5.97 Å². The van der Waals surface area contributed by atoms with E-state index in [0.717, 1.165) is 26.2 Å². The van der Waals surface area contributed by atoms with Crippen molar-refractivity contribution in [2.75, 3.05) is 37.7 Å². The minimum Gasteiger partial charge on any atom is -0.482 e. The number of anilines is 1. The molecule has 1 aliphatic heterocycles. The summed E-state index contributed by atoms with van der Waals surface area (Å²) in [6.07, 6.45) is 3.66. The van der Waals surface area contributed by atoms with E-state index in [2.05, 4.69) is 33.8 Å². The van der Waals surface area contributed by atoms with Crippen LogP contribution in [-0.4, -0.2) is 53.7 Å². The Kier molecular flexibility index (Phi) is 9.35. The summed E-state index contributed by atoms with van der Waals surface area (Å²) in [6.45, 7) is 5.88. The fourth-order valence-corrected chi connectivity index (χ4v) is 3.12. The summed E-state index contributed by atoms with van der Waals surface area (Å²) in [5.41, 5.74) is 2.43. The number of hydrogen-bond donors (Lipinski definition) is 1. The number of nitrogens with zero attached hydrogens (tertiary/aromatic N) is 3. The van der Waals surface area contributed by atoms with Crippen molar-refractivity contribution in [2.24, 2.45) is 0 Å². The highest BCUT2D eigenvalue weighted by Gasteiger charge is 2.22. The van der Waals surface area contributed by atoms with Gasteiger partial charge in [-0.25, -0.2) is 4.79 Å². The quantitative estimate of drug-likeness (QED) is 0.783. The van der Waals surface area contributed by atoms with Gasteiger partial charge in [-0.1, -0.05) is 12.1 Å². The molecule has 1 aromatic carbocycles. The largest absolute Gasteiger partial charge is 0.482 e. The summed E-state index contributed by atoms with van der Waals surface area (Å²) in [5.74, 6) is -0.384. The van der Waals surface area contributed by atoms with Gasteiger partial charge >= 0.3 is 5.97 Å². The number of piperazine rings is 1. The number of pyridine rings is 1. The van der Waals surface area contributed by atoms with Gasteiger partial charge in [0.15, 0.2) is 6.61 Å². The Morgan fingerprint density at radius 2 is 1.67 bits per heavy atom. The fourth-order valence-electron chi connectivity index (χ4n) is 3.12. The zero-order valence-corrected chi connectivity index (χ0v) is 16.8. The van der Waals surface area contributed by atoms with Crippen molar-refractivity contribution in [3.63, 3.8) is 0 Å². The predicted octanol–water partition coefficient (Wildman–Crippen LogP) is 3.27. The highest BCUT2D eigenvalue weighted by molar-refractivity contribution is 5.85. The Labute approximate surface area is 172 Å². The van der Waals surface area contributed by atoms with Gasteiger partial charge in [-0.05, 0) is 36.8 Å². The molecule has 0 spiro atoms. The Hall–Kier alpha value is -2.02. The summed E-state index contributed by atoms with van der Waals surface area (Å²) in [6, 6.07) is 12.1. The Morgan fingerprint density at radius 3 is 2.22 bits per heavy atom. The smallest absolute Gasteiger partial charge is 0.341 e. The molecular formula is C19H25Cl2N3O3. The van der Waals surface area contributed by atoms with E-state index >= 15 is 0 Å². The minimum absolute atomic E-state index is 0. The predicted molar refractivity (Wildman–Crippen MR) is 111 cm³/mol. The normalized spacial score (nSPS) is 15.2. The Bertz CT molecular complexity index is 693. The van der Waals surface area contributed by atoms with E-state index in [1.54, 1.807) is 0 Å². The molecule has 1 aromatic heterocycles.